The molecule has 0 aliphatic carbocycles. The van der Waals surface area contributed by atoms with Gasteiger partial charge >= 0.3 is 59.1 Å². The van der Waals surface area contributed by atoms with Crippen LogP contribution in [0, 0.1) is 0 Å². The third kappa shape index (κ3) is 6.08. The van der Waals surface area contributed by atoms with Crippen molar-refractivity contribution >= 4 is 24.8 Å². The van der Waals surface area contributed by atoms with E-state index in [0.717, 1.165) is 6.07 Å². The first-order valence-corrected chi connectivity index (χ1v) is 4.70. The van der Waals surface area contributed by atoms with Gasteiger partial charge in [0.05, 0.1) is 5.30 Å². The summed E-state index contributed by atoms with van der Waals surface area (Å²) in [7, 11) is -4.63. The third-order valence-corrected chi connectivity index (χ3v) is 2.27. The Morgan fingerprint density at radius 1 is 1.08 bits per heavy atom. The average molecular weight is 237 g/mol. The largest absolute Gasteiger partial charge is 1.00 e. The summed E-state index contributed by atoms with van der Waals surface area (Å²) < 4.78 is 0. The van der Waals surface area contributed by atoms with E-state index in [0.29, 0.717) is 0 Å². The molecule has 0 fully saturated rings. The normalized spacial score (nSPS) is 9.85. The van der Waals surface area contributed by atoms with E-state index in [2.05, 4.69) is 0 Å². The maximum Gasteiger partial charge on any atom is 1.00 e. The van der Waals surface area contributed by atoms with Crippen molar-refractivity contribution < 1.29 is 73.8 Å². The fourth-order valence-electron chi connectivity index (χ4n) is 0.646. The molecule has 0 aromatic heterocycles. The van der Waals surface area contributed by atoms with Gasteiger partial charge in [0.2, 0.25) is 0 Å². The number of rotatable bonds is 1. The minimum atomic E-state index is -4.63. The van der Waals surface area contributed by atoms with E-state index < -0.39 is 7.94 Å². The molecule has 0 saturated carbocycles. The summed E-state index contributed by atoms with van der Waals surface area (Å²) in [6, 6.07) is 5.26. The van der Waals surface area contributed by atoms with Gasteiger partial charge in [0.15, 0.2) is 0 Å². The second-order valence-corrected chi connectivity index (χ2v) is 3.93. The van der Waals surface area contributed by atoms with Gasteiger partial charge in [0.1, 0.15) is 0 Å². The molecule has 0 saturated heterocycles. The van der Waals surface area contributed by atoms with Crippen LogP contribution in [0.25, 0.3) is 0 Å². The first kappa shape index (κ1) is 17.2. The molecule has 13 heavy (non-hydrogen) atoms. The molecule has 0 bridgehead atoms. The van der Waals surface area contributed by atoms with Crippen LogP contribution in [0.15, 0.2) is 24.3 Å². The standard InChI is InChI=1S/C6H6ClO3P.2Na/c7-5-2-1-3-6(4-5)11(8,9)10;;/h1-4H,(H2,8,9,10);;/q;2*+1/p-2. The van der Waals surface area contributed by atoms with Crippen LogP contribution in [0.2, 0.25) is 5.02 Å². The number of hydrogen-bond acceptors (Lipinski definition) is 3. The van der Waals surface area contributed by atoms with Gasteiger partial charge in [-0.05, 0) is 18.2 Å². The predicted octanol–water partition coefficient (Wildman–Crippen LogP) is -7.18. The fraction of sp³-hybridized carbons (Fsp3) is 0. The Bertz CT molecular complexity index is 266. The summed E-state index contributed by atoms with van der Waals surface area (Å²) in [5.74, 6) is 0. The van der Waals surface area contributed by atoms with Crippen molar-refractivity contribution in [3.63, 3.8) is 0 Å². The van der Waals surface area contributed by atoms with E-state index in [4.69, 9.17) is 11.6 Å². The van der Waals surface area contributed by atoms with Crippen LogP contribution in [0.1, 0.15) is 0 Å². The summed E-state index contributed by atoms with van der Waals surface area (Å²) in [6.45, 7) is 0. The quantitative estimate of drug-likeness (QED) is 0.359. The minimum absolute atomic E-state index is 0. The number of benzene rings is 1. The molecule has 0 aliphatic heterocycles. The zero-order chi connectivity index (χ0) is 8.48. The Morgan fingerprint density at radius 2 is 1.62 bits per heavy atom. The van der Waals surface area contributed by atoms with E-state index in [9.17, 15) is 14.7 Å². The molecule has 0 spiro atoms. The maximum atomic E-state index is 10.4. The molecule has 0 unspecified atom stereocenters. The van der Waals surface area contributed by atoms with Gasteiger partial charge in [-0.15, -0.1) is 7.94 Å². The molecule has 3 nitrogen and oxygen atoms in total. The second-order valence-electron chi connectivity index (χ2n) is 1.98. The Hall–Kier alpha value is 1.82. The van der Waals surface area contributed by atoms with Gasteiger partial charge in [0.25, 0.3) is 0 Å². The molecule has 0 atom stereocenters. The first-order chi connectivity index (χ1) is 5.00. The van der Waals surface area contributed by atoms with Crippen LogP contribution in [-0.2, 0) is 0 Å². The topological polar surface area (TPSA) is 69.2 Å². The Morgan fingerprint density at radius 3 is 1.92 bits per heavy atom. The molecular weight excluding hydrogens is 232 g/mol. The van der Waals surface area contributed by atoms with Crippen molar-refractivity contribution in [1.82, 2.24) is 0 Å². The smallest absolute Gasteiger partial charge is 0.683 e. The zero-order valence-electron chi connectivity index (χ0n) is 7.36. The molecule has 0 N–H and O–H groups in total. The van der Waals surface area contributed by atoms with Crippen molar-refractivity contribution in [2.24, 2.45) is 0 Å². The van der Waals surface area contributed by atoms with Gasteiger partial charge in [-0.25, -0.2) is 0 Å². The zero-order valence-corrected chi connectivity index (χ0v) is 13.0. The van der Waals surface area contributed by atoms with Gasteiger partial charge in [-0.3, -0.25) is 0 Å². The SMILES string of the molecule is [Na+].[Na+].[O-][P+]([O-])([O-])c1cccc(Cl)c1. The van der Waals surface area contributed by atoms with Crippen molar-refractivity contribution in [2.45, 2.75) is 0 Å². The van der Waals surface area contributed by atoms with Crippen LogP contribution >= 0.6 is 19.5 Å². The summed E-state index contributed by atoms with van der Waals surface area (Å²) >= 11 is 5.45. The monoisotopic (exact) mass is 236 g/mol. The Kier molecular flexibility index (Phi) is 9.48. The van der Waals surface area contributed by atoms with Crippen LogP contribution in [-0.4, -0.2) is 0 Å². The fourth-order valence-corrected chi connectivity index (χ4v) is 1.48. The number of halogens is 1. The molecule has 1 aromatic carbocycles. The van der Waals surface area contributed by atoms with E-state index in [1.165, 1.54) is 18.2 Å². The molecule has 1 rings (SSSR count). The van der Waals surface area contributed by atoms with Crippen molar-refractivity contribution in [1.29, 1.82) is 0 Å². The summed E-state index contributed by atoms with van der Waals surface area (Å²) in [4.78, 5) is 31.2. The Labute approximate surface area is 126 Å². The summed E-state index contributed by atoms with van der Waals surface area (Å²) in [5, 5.41) is -0.0283. The van der Waals surface area contributed by atoms with E-state index >= 15 is 0 Å². The second kappa shape index (κ2) is 7.15. The van der Waals surface area contributed by atoms with E-state index in [-0.39, 0.29) is 69.4 Å². The van der Waals surface area contributed by atoms with Gasteiger partial charge in [0, 0.05) is 5.02 Å². The first-order valence-electron chi connectivity index (χ1n) is 2.78. The van der Waals surface area contributed by atoms with Crippen LogP contribution in [0.5, 0.6) is 0 Å². The van der Waals surface area contributed by atoms with Gasteiger partial charge < -0.3 is 14.7 Å². The van der Waals surface area contributed by atoms with Gasteiger partial charge in [-0.1, -0.05) is 17.7 Å². The molecule has 0 radical (unpaired) electrons. The van der Waals surface area contributed by atoms with Crippen LogP contribution in [0.4, 0.5) is 0 Å². The summed E-state index contributed by atoms with van der Waals surface area (Å²) in [5.41, 5.74) is 0. The Balaban J connectivity index is 0. The third-order valence-electron chi connectivity index (χ3n) is 1.12. The number of hydrogen-bond donors (Lipinski definition) is 0. The molecular formula is C6H4ClNa2O3P. The van der Waals surface area contributed by atoms with Crippen LogP contribution < -0.4 is 79.1 Å². The summed E-state index contributed by atoms with van der Waals surface area (Å²) in [6.07, 6.45) is 0. The predicted molar refractivity (Wildman–Crippen MR) is 38.0 cm³/mol. The minimum Gasteiger partial charge on any atom is -0.683 e. The van der Waals surface area contributed by atoms with E-state index in [1.807, 2.05) is 0 Å². The van der Waals surface area contributed by atoms with Crippen molar-refractivity contribution in [3.8, 4) is 0 Å². The van der Waals surface area contributed by atoms with Crippen molar-refractivity contribution in [3.05, 3.63) is 29.3 Å². The van der Waals surface area contributed by atoms with Gasteiger partial charge in [-0.2, -0.15) is 0 Å². The van der Waals surface area contributed by atoms with E-state index in [1.54, 1.807) is 0 Å². The molecule has 60 valence electrons. The average Bonchev–Trinajstić information content (AvgIpc) is 1.86. The van der Waals surface area contributed by atoms with Crippen molar-refractivity contribution in [2.75, 3.05) is 0 Å². The van der Waals surface area contributed by atoms with Crippen LogP contribution in [0.3, 0.4) is 0 Å². The molecule has 7 heteroatoms. The maximum absolute atomic E-state index is 10.4. The molecule has 1 aromatic rings. The molecule has 0 aliphatic rings. The molecule has 0 amide bonds. The molecule has 0 heterocycles.